The fraction of sp³-hybridized carbons (Fsp3) is 0.724. The predicted molar refractivity (Wildman–Crippen MR) is 126 cm³/mol. The summed E-state index contributed by atoms with van der Waals surface area (Å²) in [5.41, 5.74) is 0.930. The Labute approximate surface area is 188 Å². The second kappa shape index (κ2) is 11.1. The molecule has 3 saturated carbocycles. The maximum absolute atomic E-state index is 13.4. The van der Waals surface area contributed by atoms with Crippen LogP contribution in [0.15, 0.2) is 30.4 Å². The summed E-state index contributed by atoms with van der Waals surface area (Å²) in [6, 6.07) is 4.36. The highest BCUT2D eigenvalue weighted by molar-refractivity contribution is 5.17. The molecule has 3 fully saturated rings. The molecule has 0 aromatic heterocycles. The van der Waals surface area contributed by atoms with Gasteiger partial charge >= 0.3 is 0 Å². The van der Waals surface area contributed by atoms with Gasteiger partial charge in [0.15, 0.2) is 11.6 Å². The van der Waals surface area contributed by atoms with Gasteiger partial charge in [0, 0.05) is 0 Å². The van der Waals surface area contributed by atoms with Gasteiger partial charge < -0.3 is 0 Å². The van der Waals surface area contributed by atoms with Gasteiger partial charge in [0.1, 0.15) is 0 Å². The van der Waals surface area contributed by atoms with Crippen molar-refractivity contribution in [2.75, 3.05) is 0 Å². The molecule has 31 heavy (non-hydrogen) atoms. The zero-order valence-corrected chi connectivity index (χ0v) is 19.5. The summed E-state index contributed by atoms with van der Waals surface area (Å²) in [6.07, 6.45) is 23.9. The van der Waals surface area contributed by atoms with Gasteiger partial charge in [0.2, 0.25) is 0 Å². The molecule has 1 aromatic carbocycles. The summed E-state index contributed by atoms with van der Waals surface area (Å²) in [7, 11) is 0. The van der Waals surface area contributed by atoms with Gasteiger partial charge in [-0.3, -0.25) is 0 Å². The molecule has 0 N–H and O–H groups in total. The van der Waals surface area contributed by atoms with E-state index in [0.29, 0.717) is 0 Å². The van der Waals surface area contributed by atoms with Crippen molar-refractivity contribution in [2.45, 2.75) is 96.8 Å². The number of aryl methyl sites for hydroxylation is 1. The molecular weight excluding hydrogens is 386 g/mol. The van der Waals surface area contributed by atoms with Crippen molar-refractivity contribution >= 4 is 0 Å². The van der Waals surface area contributed by atoms with Crippen LogP contribution in [0.1, 0.15) is 96.0 Å². The first-order valence-electron chi connectivity index (χ1n) is 13.2. The molecule has 0 bridgehead atoms. The Bertz CT molecular complexity index is 699. The van der Waals surface area contributed by atoms with Crippen LogP contribution in [-0.2, 0) is 6.42 Å². The number of halogens is 2. The van der Waals surface area contributed by atoms with E-state index in [1.54, 1.807) is 6.07 Å². The Hall–Kier alpha value is -1.18. The number of hydrogen-bond acceptors (Lipinski definition) is 0. The average molecular weight is 429 g/mol. The van der Waals surface area contributed by atoms with E-state index in [4.69, 9.17) is 0 Å². The van der Waals surface area contributed by atoms with Crippen molar-refractivity contribution in [2.24, 2.45) is 35.5 Å². The lowest BCUT2D eigenvalue weighted by molar-refractivity contribution is 0.160. The lowest BCUT2D eigenvalue weighted by Crippen LogP contribution is -2.24. The van der Waals surface area contributed by atoms with Crippen LogP contribution >= 0.6 is 0 Å². The Morgan fingerprint density at radius 1 is 0.710 bits per heavy atom. The minimum absolute atomic E-state index is 0.714. The summed E-state index contributed by atoms with van der Waals surface area (Å²) in [4.78, 5) is 0. The molecule has 0 aliphatic heterocycles. The molecule has 3 aliphatic rings. The summed E-state index contributed by atoms with van der Waals surface area (Å²) >= 11 is 0. The third kappa shape index (κ3) is 6.65. The molecule has 2 heteroatoms. The average Bonchev–Trinajstić information content (AvgIpc) is 2.80. The summed E-state index contributed by atoms with van der Waals surface area (Å²) in [5, 5.41) is 0. The maximum Gasteiger partial charge on any atom is 0.159 e. The smallest absolute Gasteiger partial charge is 0.159 e. The van der Waals surface area contributed by atoms with Crippen molar-refractivity contribution in [1.29, 1.82) is 0 Å². The van der Waals surface area contributed by atoms with Crippen LogP contribution in [0.25, 0.3) is 0 Å². The van der Waals surface area contributed by atoms with E-state index in [9.17, 15) is 8.78 Å². The zero-order chi connectivity index (χ0) is 21.6. The van der Waals surface area contributed by atoms with Crippen LogP contribution in [0.4, 0.5) is 8.78 Å². The van der Waals surface area contributed by atoms with Crippen LogP contribution in [0.5, 0.6) is 0 Å². The first kappa shape index (κ1) is 23.0. The van der Waals surface area contributed by atoms with E-state index in [-0.39, 0.29) is 0 Å². The Morgan fingerprint density at radius 3 is 1.84 bits per heavy atom. The van der Waals surface area contributed by atoms with Gasteiger partial charge in [0.25, 0.3) is 0 Å². The lowest BCUT2D eigenvalue weighted by atomic mass is 9.69. The van der Waals surface area contributed by atoms with Gasteiger partial charge in [-0.1, -0.05) is 38.0 Å². The topological polar surface area (TPSA) is 0 Å². The van der Waals surface area contributed by atoms with Crippen molar-refractivity contribution in [3.63, 3.8) is 0 Å². The molecule has 0 spiro atoms. The summed E-state index contributed by atoms with van der Waals surface area (Å²) < 4.78 is 26.5. The Balaban J connectivity index is 1.13. The van der Waals surface area contributed by atoms with Crippen molar-refractivity contribution in [3.05, 3.63) is 47.5 Å². The van der Waals surface area contributed by atoms with Crippen LogP contribution in [-0.4, -0.2) is 0 Å². The largest absolute Gasteiger partial charge is 0.204 e. The Morgan fingerprint density at radius 2 is 1.26 bits per heavy atom. The van der Waals surface area contributed by atoms with Gasteiger partial charge in [-0.25, -0.2) is 8.78 Å². The SMILES string of the molecule is CC1CCC(C2CCC(/C=C/C3CCC(CCc4ccc(F)c(F)c4)CC3)CC2)CC1. The molecule has 0 nitrogen and oxygen atoms in total. The fourth-order valence-electron chi connectivity index (χ4n) is 6.62. The molecule has 4 rings (SSSR count). The third-order valence-electron chi connectivity index (χ3n) is 8.92. The number of benzene rings is 1. The number of allylic oxidation sites excluding steroid dienone is 2. The number of rotatable bonds is 6. The van der Waals surface area contributed by atoms with Gasteiger partial charge in [0.05, 0.1) is 0 Å². The van der Waals surface area contributed by atoms with Gasteiger partial charge in [-0.15, -0.1) is 0 Å². The highest BCUT2D eigenvalue weighted by Gasteiger charge is 2.29. The Kier molecular flexibility index (Phi) is 8.24. The second-order valence-corrected chi connectivity index (χ2v) is 11.1. The fourth-order valence-corrected chi connectivity index (χ4v) is 6.62. The molecule has 0 heterocycles. The standard InChI is InChI=1S/C29H42F2/c1-21-2-15-26(16-3-21)27-17-12-24(13-18-27)9-8-22-4-6-23(7-5-22)10-11-25-14-19-28(30)29(31)20-25/h8-9,14,19-24,26-27H,2-7,10-13,15-18H2,1H3/b9-8+. The first-order chi connectivity index (χ1) is 15.1. The second-order valence-electron chi connectivity index (χ2n) is 11.1. The molecule has 0 amide bonds. The lowest BCUT2D eigenvalue weighted by Gasteiger charge is -2.36. The normalized spacial score (nSPS) is 34.8. The molecule has 0 radical (unpaired) electrons. The molecule has 0 saturated heterocycles. The van der Waals surface area contributed by atoms with E-state index < -0.39 is 11.6 Å². The molecule has 0 unspecified atom stereocenters. The monoisotopic (exact) mass is 428 g/mol. The third-order valence-corrected chi connectivity index (χ3v) is 8.92. The first-order valence-corrected chi connectivity index (χ1v) is 13.2. The van der Waals surface area contributed by atoms with E-state index in [2.05, 4.69) is 19.1 Å². The van der Waals surface area contributed by atoms with E-state index in [0.717, 1.165) is 53.9 Å². The number of hydrogen-bond donors (Lipinski definition) is 0. The summed E-state index contributed by atoms with van der Waals surface area (Å²) in [6.45, 7) is 2.43. The minimum atomic E-state index is -0.742. The zero-order valence-electron chi connectivity index (χ0n) is 19.5. The summed E-state index contributed by atoms with van der Waals surface area (Å²) in [5.74, 6) is 3.89. The highest BCUT2D eigenvalue weighted by atomic mass is 19.2. The van der Waals surface area contributed by atoms with E-state index >= 15 is 0 Å². The highest BCUT2D eigenvalue weighted by Crippen LogP contribution is 2.42. The van der Waals surface area contributed by atoms with Crippen molar-refractivity contribution in [1.82, 2.24) is 0 Å². The van der Waals surface area contributed by atoms with Crippen molar-refractivity contribution in [3.8, 4) is 0 Å². The van der Waals surface area contributed by atoms with Crippen LogP contribution < -0.4 is 0 Å². The molecule has 172 valence electrons. The maximum atomic E-state index is 13.4. The van der Waals surface area contributed by atoms with Gasteiger partial charge in [-0.2, -0.15) is 0 Å². The predicted octanol–water partition coefficient (Wildman–Crippen LogP) is 8.89. The van der Waals surface area contributed by atoms with Crippen LogP contribution in [0.3, 0.4) is 0 Å². The van der Waals surface area contributed by atoms with E-state index in [1.165, 1.54) is 89.2 Å². The molecular formula is C29H42F2. The van der Waals surface area contributed by atoms with Crippen molar-refractivity contribution < 1.29 is 8.78 Å². The molecule has 1 aromatic rings. The quantitative estimate of drug-likeness (QED) is 0.397. The van der Waals surface area contributed by atoms with Gasteiger partial charge in [-0.05, 0) is 130 Å². The van der Waals surface area contributed by atoms with E-state index in [1.807, 2.05) is 0 Å². The van der Waals surface area contributed by atoms with Crippen LogP contribution in [0.2, 0.25) is 0 Å². The molecule has 3 aliphatic carbocycles. The van der Waals surface area contributed by atoms with Crippen LogP contribution in [0, 0.1) is 47.1 Å². The minimum Gasteiger partial charge on any atom is -0.204 e. The molecule has 0 atom stereocenters.